The highest BCUT2D eigenvalue weighted by Crippen LogP contribution is 2.09. The van der Waals surface area contributed by atoms with Crippen LogP contribution in [0.15, 0.2) is 40.7 Å². The maximum absolute atomic E-state index is 11.8. The molecule has 88 valence electrons. The number of nitriles is 1. The summed E-state index contributed by atoms with van der Waals surface area (Å²) in [4.78, 5) is 25.7. The summed E-state index contributed by atoms with van der Waals surface area (Å²) in [5.74, 6) is -0.827. The van der Waals surface area contributed by atoms with Gasteiger partial charge in [-0.1, -0.05) is 12.1 Å². The molecule has 1 aromatic heterocycles. The van der Waals surface area contributed by atoms with Crippen molar-refractivity contribution in [2.24, 2.45) is 5.73 Å². The SMILES string of the molecule is N#C/C(=C/c1cc(=O)c2ccccc2[nH]1)C(N)=O. The van der Waals surface area contributed by atoms with Crippen LogP contribution in [0.3, 0.4) is 0 Å². The van der Waals surface area contributed by atoms with Crippen molar-refractivity contribution < 1.29 is 4.79 Å². The number of hydrogen-bond donors (Lipinski definition) is 2. The fourth-order valence-corrected chi connectivity index (χ4v) is 1.61. The van der Waals surface area contributed by atoms with Crippen LogP contribution in [-0.2, 0) is 4.79 Å². The van der Waals surface area contributed by atoms with Gasteiger partial charge in [0.05, 0.1) is 0 Å². The molecule has 0 aliphatic heterocycles. The van der Waals surface area contributed by atoms with Gasteiger partial charge in [0.2, 0.25) is 0 Å². The lowest BCUT2D eigenvalue weighted by Crippen LogP contribution is -2.13. The molecular weight excluding hydrogens is 230 g/mol. The van der Waals surface area contributed by atoms with E-state index < -0.39 is 5.91 Å². The number of hydrogen-bond acceptors (Lipinski definition) is 3. The molecule has 1 aromatic carbocycles. The van der Waals surface area contributed by atoms with Gasteiger partial charge in [0.15, 0.2) is 5.43 Å². The molecule has 5 heteroatoms. The third-order valence-electron chi connectivity index (χ3n) is 2.44. The number of carbonyl (C=O) groups is 1. The highest BCUT2D eigenvalue weighted by Gasteiger charge is 2.05. The highest BCUT2D eigenvalue weighted by atomic mass is 16.1. The number of nitrogens with zero attached hydrogens (tertiary/aromatic N) is 1. The number of pyridine rings is 1. The largest absolute Gasteiger partial charge is 0.365 e. The normalized spacial score (nSPS) is 11.2. The summed E-state index contributed by atoms with van der Waals surface area (Å²) in [6.45, 7) is 0. The van der Waals surface area contributed by atoms with E-state index in [2.05, 4.69) is 4.98 Å². The van der Waals surface area contributed by atoms with Crippen molar-refractivity contribution in [1.29, 1.82) is 5.26 Å². The number of nitrogens with two attached hydrogens (primary N) is 1. The van der Waals surface area contributed by atoms with Gasteiger partial charge in [-0.2, -0.15) is 5.26 Å². The summed E-state index contributed by atoms with van der Waals surface area (Å²) in [5, 5.41) is 9.28. The van der Waals surface area contributed by atoms with Gasteiger partial charge in [-0.3, -0.25) is 9.59 Å². The molecule has 18 heavy (non-hydrogen) atoms. The molecular formula is C13H9N3O2. The van der Waals surface area contributed by atoms with Gasteiger partial charge >= 0.3 is 0 Å². The lowest BCUT2D eigenvalue weighted by atomic mass is 10.1. The first-order valence-corrected chi connectivity index (χ1v) is 5.15. The molecule has 0 aliphatic rings. The van der Waals surface area contributed by atoms with Crippen molar-refractivity contribution >= 4 is 22.9 Å². The third-order valence-corrected chi connectivity index (χ3v) is 2.44. The summed E-state index contributed by atoms with van der Waals surface area (Å²) in [6, 6.07) is 9.98. The molecule has 1 heterocycles. The average Bonchev–Trinajstić information content (AvgIpc) is 2.35. The molecule has 0 saturated carbocycles. The molecule has 0 radical (unpaired) electrons. The van der Waals surface area contributed by atoms with Crippen LogP contribution >= 0.6 is 0 Å². The predicted octanol–water partition coefficient (Wildman–Crippen LogP) is 0.920. The number of nitrogens with one attached hydrogen (secondary N) is 1. The lowest BCUT2D eigenvalue weighted by Gasteiger charge is -2.00. The van der Waals surface area contributed by atoms with E-state index in [0.29, 0.717) is 16.6 Å². The molecule has 5 nitrogen and oxygen atoms in total. The van der Waals surface area contributed by atoms with Crippen LogP contribution in [0.1, 0.15) is 5.69 Å². The van der Waals surface area contributed by atoms with Gasteiger partial charge in [0.1, 0.15) is 11.6 Å². The number of rotatable bonds is 2. The molecule has 2 rings (SSSR count). The second-order valence-electron chi connectivity index (χ2n) is 3.67. The van der Waals surface area contributed by atoms with Gasteiger partial charge in [0, 0.05) is 22.7 Å². The Labute approximate surface area is 102 Å². The van der Waals surface area contributed by atoms with Crippen molar-refractivity contribution in [2.75, 3.05) is 0 Å². The molecule has 0 bridgehead atoms. The Balaban J connectivity index is 2.65. The van der Waals surface area contributed by atoms with E-state index in [1.807, 2.05) is 0 Å². The van der Waals surface area contributed by atoms with E-state index in [-0.39, 0.29) is 11.0 Å². The Morgan fingerprint density at radius 3 is 2.78 bits per heavy atom. The van der Waals surface area contributed by atoms with Crippen LogP contribution in [0, 0.1) is 11.3 Å². The van der Waals surface area contributed by atoms with E-state index in [1.54, 1.807) is 30.3 Å². The summed E-state index contributed by atoms with van der Waals surface area (Å²) in [5.41, 5.74) is 5.64. The second kappa shape index (κ2) is 4.55. The van der Waals surface area contributed by atoms with Gasteiger partial charge in [-0.25, -0.2) is 0 Å². The fourth-order valence-electron chi connectivity index (χ4n) is 1.61. The van der Waals surface area contributed by atoms with E-state index in [0.717, 1.165) is 0 Å². The molecule has 2 aromatic rings. The van der Waals surface area contributed by atoms with Crippen LogP contribution in [0.5, 0.6) is 0 Å². The quantitative estimate of drug-likeness (QED) is 0.602. The maximum atomic E-state index is 11.8. The molecule has 0 atom stereocenters. The number of fused-ring (bicyclic) bond motifs is 1. The van der Waals surface area contributed by atoms with Gasteiger partial charge in [0.25, 0.3) is 5.91 Å². The Kier molecular flexibility index (Phi) is 2.94. The van der Waals surface area contributed by atoms with Crippen LogP contribution < -0.4 is 11.2 Å². The number of H-pyrrole nitrogens is 1. The van der Waals surface area contributed by atoms with Gasteiger partial charge in [-0.15, -0.1) is 0 Å². The van der Waals surface area contributed by atoms with E-state index in [9.17, 15) is 9.59 Å². The van der Waals surface area contributed by atoms with Crippen molar-refractivity contribution in [3.05, 3.63) is 51.8 Å². The fraction of sp³-hybridized carbons (Fsp3) is 0. The smallest absolute Gasteiger partial charge is 0.259 e. The zero-order chi connectivity index (χ0) is 13.1. The number of benzene rings is 1. The predicted molar refractivity (Wildman–Crippen MR) is 67.4 cm³/mol. The Bertz CT molecular complexity index is 751. The topological polar surface area (TPSA) is 99.7 Å². The van der Waals surface area contributed by atoms with E-state index in [1.165, 1.54) is 12.1 Å². The molecule has 3 N–H and O–H groups in total. The number of primary amides is 1. The number of amides is 1. The lowest BCUT2D eigenvalue weighted by molar-refractivity contribution is -0.114. The standard InChI is InChI=1S/C13H9N3O2/c14-7-8(13(15)18)5-9-6-12(17)10-3-1-2-4-11(10)16-9/h1-6H,(H2,15,18)(H,16,17)/b8-5-. The molecule has 0 fully saturated rings. The minimum Gasteiger partial charge on any atom is -0.365 e. The van der Waals surface area contributed by atoms with Gasteiger partial charge < -0.3 is 10.7 Å². The maximum Gasteiger partial charge on any atom is 0.259 e. The van der Waals surface area contributed by atoms with Crippen molar-refractivity contribution in [3.63, 3.8) is 0 Å². The first-order chi connectivity index (χ1) is 8.61. The van der Waals surface area contributed by atoms with Crippen LogP contribution in [0.4, 0.5) is 0 Å². The second-order valence-corrected chi connectivity index (χ2v) is 3.67. The molecule has 0 saturated heterocycles. The highest BCUT2D eigenvalue weighted by molar-refractivity contribution is 6.00. The van der Waals surface area contributed by atoms with E-state index in [4.69, 9.17) is 11.0 Å². The number of aromatic amines is 1. The molecule has 0 aliphatic carbocycles. The van der Waals surface area contributed by atoms with Crippen LogP contribution in [-0.4, -0.2) is 10.9 Å². The van der Waals surface area contributed by atoms with Crippen LogP contribution in [0.2, 0.25) is 0 Å². The third kappa shape index (κ3) is 2.13. The van der Waals surface area contributed by atoms with Crippen LogP contribution in [0.25, 0.3) is 17.0 Å². The molecule has 1 amide bonds. The number of para-hydroxylation sites is 1. The zero-order valence-corrected chi connectivity index (χ0v) is 9.31. The minimum atomic E-state index is -0.827. The minimum absolute atomic E-state index is 0.183. The first-order valence-electron chi connectivity index (χ1n) is 5.15. The Hall–Kier alpha value is -2.87. The molecule has 0 spiro atoms. The van der Waals surface area contributed by atoms with Gasteiger partial charge in [-0.05, 0) is 18.2 Å². The summed E-state index contributed by atoms with van der Waals surface area (Å²) in [7, 11) is 0. The van der Waals surface area contributed by atoms with Crippen molar-refractivity contribution in [2.45, 2.75) is 0 Å². The summed E-state index contributed by atoms with van der Waals surface area (Å²) in [6.07, 6.45) is 1.26. The summed E-state index contributed by atoms with van der Waals surface area (Å²) >= 11 is 0. The molecule has 0 unspecified atom stereocenters. The Morgan fingerprint density at radius 2 is 2.11 bits per heavy atom. The first kappa shape index (κ1) is 11.6. The summed E-state index contributed by atoms with van der Waals surface area (Å²) < 4.78 is 0. The number of aromatic nitrogens is 1. The monoisotopic (exact) mass is 239 g/mol. The van der Waals surface area contributed by atoms with Crippen molar-refractivity contribution in [3.8, 4) is 6.07 Å². The van der Waals surface area contributed by atoms with Crippen molar-refractivity contribution in [1.82, 2.24) is 4.98 Å². The zero-order valence-electron chi connectivity index (χ0n) is 9.31. The Morgan fingerprint density at radius 1 is 1.39 bits per heavy atom. The number of carbonyl (C=O) groups excluding carboxylic acids is 1. The van der Waals surface area contributed by atoms with E-state index >= 15 is 0 Å². The average molecular weight is 239 g/mol.